The van der Waals surface area contributed by atoms with Crippen molar-refractivity contribution in [1.82, 2.24) is 15.5 Å². The predicted octanol–water partition coefficient (Wildman–Crippen LogP) is -0.0161. The first kappa shape index (κ1) is 14.3. The van der Waals surface area contributed by atoms with Crippen LogP contribution in [-0.2, 0) is 9.53 Å². The Bertz CT molecular complexity index is 174. The molecule has 0 aliphatic heterocycles. The van der Waals surface area contributed by atoms with Gasteiger partial charge < -0.3 is 9.64 Å². The topological polar surface area (TPSA) is 53.6 Å². The lowest BCUT2D eigenvalue weighted by atomic mass is 10.4. The van der Waals surface area contributed by atoms with E-state index in [1.807, 2.05) is 21.0 Å². The molecule has 0 heterocycles. The summed E-state index contributed by atoms with van der Waals surface area (Å²) in [5.41, 5.74) is 0. The van der Waals surface area contributed by atoms with Gasteiger partial charge in [-0.15, -0.1) is 0 Å². The maximum Gasteiger partial charge on any atom is 0.305 e. The zero-order valence-corrected chi connectivity index (χ0v) is 10.2. The number of ether oxygens (including phenoxy) is 1. The van der Waals surface area contributed by atoms with Crippen molar-refractivity contribution in [3.8, 4) is 0 Å². The maximum absolute atomic E-state index is 10.8. The predicted molar refractivity (Wildman–Crippen MR) is 60.4 cm³/mol. The number of esters is 1. The number of hydrogen-bond acceptors (Lipinski definition) is 5. The zero-order valence-electron chi connectivity index (χ0n) is 10.2. The highest BCUT2D eigenvalue weighted by Crippen LogP contribution is 1.86. The number of carbonyl (C=O) groups excluding carboxylic acids is 1. The summed E-state index contributed by atoms with van der Waals surface area (Å²) in [6.07, 6.45) is 0.658. The van der Waals surface area contributed by atoms with Crippen LogP contribution < -0.4 is 10.6 Å². The van der Waals surface area contributed by atoms with Gasteiger partial charge in [0.05, 0.1) is 0 Å². The molecule has 0 aromatic carbocycles. The fraction of sp³-hybridized carbons (Fsp3) is 0.900. The summed E-state index contributed by atoms with van der Waals surface area (Å²) in [6, 6.07) is 0. The lowest BCUT2D eigenvalue weighted by Crippen LogP contribution is -2.46. The highest BCUT2D eigenvalue weighted by molar-refractivity contribution is 5.66. The number of carbonyl (C=O) groups is 1. The van der Waals surface area contributed by atoms with Crippen LogP contribution in [-0.4, -0.2) is 51.0 Å². The molecule has 15 heavy (non-hydrogen) atoms. The van der Waals surface area contributed by atoms with Crippen LogP contribution in [0.25, 0.3) is 0 Å². The minimum Gasteiger partial charge on any atom is -0.433 e. The Kier molecular flexibility index (Phi) is 8.27. The van der Waals surface area contributed by atoms with Gasteiger partial charge in [-0.1, -0.05) is 6.92 Å². The summed E-state index contributed by atoms with van der Waals surface area (Å²) in [4.78, 5) is 12.9. The first-order valence-corrected chi connectivity index (χ1v) is 5.35. The molecule has 0 bridgehead atoms. The third-order valence-corrected chi connectivity index (χ3v) is 1.79. The van der Waals surface area contributed by atoms with E-state index in [1.54, 1.807) is 0 Å². The molecule has 0 amide bonds. The van der Waals surface area contributed by atoms with Crippen molar-refractivity contribution < 1.29 is 9.53 Å². The van der Waals surface area contributed by atoms with Gasteiger partial charge in [0.15, 0.2) is 0 Å². The van der Waals surface area contributed by atoms with E-state index in [1.165, 1.54) is 6.92 Å². The Labute approximate surface area is 92.2 Å². The smallest absolute Gasteiger partial charge is 0.305 e. The van der Waals surface area contributed by atoms with Gasteiger partial charge in [0.25, 0.3) is 0 Å². The standard InChI is InChI=1S/C10H23N3O2/c1-5-11-10(15-9(2)14)12-7-6-8-13(3)4/h10-12H,5-8H2,1-4H3. The van der Waals surface area contributed by atoms with E-state index in [9.17, 15) is 4.79 Å². The molecule has 5 heteroatoms. The molecular weight excluding hydrogens is 194 g/mol. The van der Waals surface area contributed by atoms with Crippen molar-refractivity contribution in [2.24, 2.45) is 0 Å². The molecule has 5 nitrogen and oxygen atoms in total. The fourth-order valence-electron chi connectivity index (χ4n) is 1.14. The van der Waals surface area contributed by atoms with E-state index in [0.29, 0.717) is 0 Å². The summed E-state index contributed by atoms with van der Waals surface area (Å²) in [6.45, 7) is 5.98. The largest absolute Gasteiger partial charge is 0.433 e. The van der Waals surface area contributed by atoms with Gasteiger partial charge in [-0.2, -0.15) is 0 Å². The fourth-order valence-corrected chi connectivity index (χ4v) is 1.14. The quantitative estimate of drug-likeness (QED) is 0.340. The average molecular weight is 217 g/mol. The molecule has 0 spiro atoms. The Balaban J connectivity index is 3.61. The third kappa shape index (κ3) is 9.65. The van der Waals surface area contributed by atoms with Crippen molar-refractivity contribution in [3.05, 3.63) is 0 Å². The lowest BCUT2D eigenvalue weighted by molar-refractivity contribution is -0.149. The van der Waals surface area contributed by atoms with Crippen molar-refractivity contribution in [1.29, 1.82) is 0 Å². The Morgan fingerprint density at radius 1 is 1.40 bits per heavy atom. The molecule has 2 N–H and O–H groups in total. The monoisotopic (exact) mass is 217 g/mol. The molecule has 1 atom stereocenters. The molecule has 0 aromatic rings. The van der Waals surface area contributed by atoms with Crippen LogP contribution in [0.1, 0.15) is 20.3 Å². The normalized spacial score (nSPS) is 12.9. The molecule has 0 aliphatic rings. The lowest BCUT2D eigenvalue weighted by Gasteiger charge is -2.19. The number of rotatable bonds is 8. The summed E-state index contributed by atoms with van der Waals surface area (Å²) < 4.78 is 5.02. The Hall–Kier alpha value is -0.650. The summed E-state index contributed by atoms with van der Waals surface area (Å²) >= 11 is 0. The maximum atomic E-state index is 10.8. The van der Waals surface area contributed by atoms with Crippen LogP contribution in [0.3, 0.4) is 0 Å². The van der Waals surface area contributed by atoms with Gasteiger partial charge >= 0.3 is 5.97 Å². The van der Waals surface area contributed by atoms with Gasteiger partial charge in [-0.25, -0.2) is 0 Å². The minimum absolute atomic E-state index is 0.277. The van der Waals surface area contributed by atoms with E-state index < -0.39 is 0 Å². The number of nitrogens with one attached hydrogen (secondary N) is 2. The molecular formula is C10H23N3O2. The first-order chi connectivity index (χ1) is 7.06. The van der Waals surface area contributed by atoms with Crippen LogP contribution in [0.5, 0.6) is 0 Å². The van der Waals surface area contributed by atoms with Gasteiger partial charge in [0, 0.05) is 13.5 Å². The van der Waals surface area contributed by atoms with E-state index >= 15 is 0 Å². The molecule has 0 rings (SSSR count). The van der Waals surface area contributed by atoms with Crippen LogP contribution in [0.2, 0.25) is 0 Å². The van der Waals surface area contributed by atoms with Gasteiger partial charge in [0.1, 0.15) is 0 Å². The third-order valence-electron chi connectivity index (χ3n) is 1.79. The number of nitrogens with zero attached hydrogens (tertiary/aromatic N) is 1. The summed E-state index contributed by atoms with van der Waals surface area (Å²) in [7, 11) is 4.07. The van der Waals surface area contributed by atoms with Crippen molar-refractivity contribution in [2.75, 3.05) is 33.7 Å². The molecule has 90 valence electrons. The molecule has 0 radical (unpaired) electrons. The SMILES string of the molecule is CCNC(NCCCN(C)C)OC(C)=O. The van der Waals surface area contributed by atoms with Crippen molar-refractivity contribution >= 4 is 5.97 Å². The molecule has 0 saturated heterocycles. The van der Waals surface area contributed by atoms with Gasteiger partial charge in [-0.3, -0.25) is 15.4 Å². The van der Waals surface area contributed by atoms with E-state index in [4.69, 9.17) is 4.74 Å². The molecule has 0 aromatic heterocycles. The van der Waals surface area contributed by atoms with E-state index in [-0.39, 0.29) is 12.3 Å². The van der Waals surface area contributed by atoms with Crippen LogP contribution in [0.4, 0.5) is 0 Å². The molecule has 1 unspecified atom stereocenters. The van der Waals surface area contributed by atoms with Crippen LogP contribution >= 0.6 is 0 Å². The van der Waals surface area contributed by atoms with Crippen molar-refractivity contribution in [2.45, 2.75) is 26.6 Å². The van der Waals surface area contributed by atoms with E-state index in [2.05, 4.69) is 15.5 Å². The summed E-state index contributed by atoms with van der Waals surface area (Å²) in [5.74, 6) is -0.277. The Morgan fingerprint density at radius 3 is 2.53 bits per heavy atom. The highest BCUT2D eigenvalue weighted by Gasteiger charge is 2.08. The molecule has 0 fully saturated rings. The average Bonchev–Trinajstić information content (AvgIpc) is 2.11. The second-order valence-electron chi connectivity index (χ2n) is 3.66. The minimum atomic E-state index is -0.366. The van der Waals surface area contributed by atoms with Gasteiger partial charge in [0.2, 0.25) is 6.35 Å². The molecule has 0 saturated carbocycles. The number of hydrogen-bond donors (Lipinski definition) is 2. The molecule has 0 aliphatic carbocycles. The highest BCUT2D eigenvalue weighted by atomic mass is 16.6. The summed E-state index contributed by atoms with van der Waals surface area (Å²) in [5, 5.41) is 6.16. The van der Waals surface area contributed by atoms with E-state index in [0.717, 1.165) is 26.1 Å². The first-order valence-electron chi connectivity index (χ1n) is 5.35. The Morgan fingerprint density at radius 2 is 2.07 bits per heavy atom. The van der Waals surface area contributed by atoms with Crippen LogP contribution in [0.15, 0.2) is 0 Å². The van der Waals surface area contributed by atoms with Gasteiger partial charge in [-0.05, 0) is 33.6 Å². The second-order valence-corrected chi connectivity index (χ2v) is 3.66. The van der Waals surface area contributed by atoms with Crippen molar-refractivity contribution in [3.63, 3.8) is 0 Å². The zero-order chi connectivity index (χ0) is 11.7. The second kappa shape index (κ2) is 8.64. The van der Waals surface area contributed by atoms with Crippen LogP contribution in [0, 0.1) is 0 Å².